The molecule has 4 aromatic rings. The van der Waals surface area contributed by atoms with Gasteiger partial charge in [-0.15, -0.1) is 0 Å². The molecule has 0 fully saturated rings. The second kappa shape index (κ2) is 19.3. The Hall–Kier alpha value is -4.69. The number of hydrogen-bond acceptors (Lipinski definition) is 4. The van der Waals surface area contributed by atoms with Crippen molar-refractivity contribution >= 4 is 18.2 Å². The Morgan fingerprint density at radius 3 is 2.15 bits per heavy atom. The molecule has 3 heterocycles. The maximum atomic E-state index is 15.0. The Balaban J connectivity index is 0.00000187. The first-order valence-corrected chi connectivity index (χ1v) is 20.4. The van der Waals surface area contributed by atoms with E-state index in [1.54, 1.807) is 0 Å². The summed E-state index contributed by atoms with van der Waals surface area (Å²) in [5.74, 6) is 0.235. The molecule has 0 aliphatic carbocycles. The number of hydrogen-bond donors (Lipinski definition) is 1. The van der Waals surface area contributed by atoms with Gasteiger partial charge in [-0.25, -0.2) is 0 Å². The number of primary amides is 1. The van der Waals surface area contributed by atoms with Crippen molar-refractivity contribution in [2.24, 2.45) is 12.8 Å². The summed E-state index contributed by atoms with van der Waals surface area (Å²) in [7, 11) is 6.38. The average molecular weight is 746 g/mol. The molecule has 0 unspecified atom stereocenters. The van der Waals surface area contributed by atoms with E-state index in [1.807, 2.05) is 4.90 Å². The van der Waals surface area contributed by atoms with E-state index in [-0.39, 0.29) is 24.3 Å². The number of likely N-dealkylation sites (N-methyl/N-ethyl adjacent to an activating group) is 1. The van der Waals surface area contributed by atoms with Crippen LogP contribution >= 0.6 is 0 Å². The molecule has 0 saturated heterocycles. The number of fused-ring (bicyclic) bond motifs is 2. The molecule has 0 spiro atoms. The van der Waals surface area contributed by atoms with Crippen molar-refractivity contribution < 1.29 is 14.4 Å². The third kappa shape index (κ3) is 9.77. The summed E-state index contributed by atoms with van der Waals surface area (Å²) in [5, 5.41) is 0. The van der Waals surface area contributed by atoms with Gasteiger partial charge in [0, 0.05) is 56.1 Å². The zero-order chi connectivity index (χ0) is 39.6. The molecule has 1 atom stereocenters. The minimum absolute atomic E-state index is 0.0908. The number of benzene rings is 3. The van der Waals surface area contributed by atoms with Crippen LogP contribution < -0.4 is 5.73 Å². The van der Waals surface area contributed by atoms with Gasteiger partial charge < -0.3 is 25.0 Å². The maximum absolute atomic E-state index is 15.0. The number of nitrogens with two attached hydrogens (primary N) is 1. The number of carbonyl (C=O) groups is 3. The highest BCUT2D eigenvalue weighted by Crippen LogP contribution is 2.39. The Bertz CT molecular complexity index is 1940. The van der Waals surface area contributed by atoms with Crippen LogP contribution in [0.3, 0.4) is 0 Å². The van der Waals surface area contributed by atoms with Crippen molar-refractivity contribution in [1.82, 2.24) is 19.3 Å². The van der Waals surface area contributed by atoms with Gasteiger partial charge in [0.05, 0.1) is 12.1 Å². The van der Waals surface area contributed by atoms with E-state index in [1.165, 1.54) is 44.8 Å². The summed E-state index contributed by atoms with van der Waals surface area (Å²) in [6, 6.07) is 21.7. The molecule has 8 heteroatoms. The van der Waals surface area contributed by atoms with Crippen LogP contribution in [0.25, 0.3) is 11.3 Å². The van der Waals surface area contributed by atoms with Crippen LogP contribution in [0.2, 0.25) is 0 Å². The van der Waals surface area contributed by atoms with Crippen molar-refractivity contribution in [3.05, 3.63) is 116 Å². The third-order valence-electron chi connectivity index (χ3n) is 11.7. The number of carbonyl (C=O) groups excluding carboxylic acids is 3. The summed E-state index contributed by atoms with van der Waals surface area (Å²) in [6.07, 6.45) is 9.94. The highest BCUT2D eigenvalue weighted by Gasteiger charge is 2.33. The standard InChI is InChI=1S/C46H60N4O2.CH3NO/c1-8-10-16-40-33(4)48(7)45(41(40)17-11-9-2)42-28-37-23-25-49(44(51)27-35-20-18-34(19-21-35)22-24-47(5)6)30-39(37)29-43(42)46(52)50-31-38-15-13-12-14-36(38)26-32(50)3;2-1-3/h12-15,18-21,28-29,32H,8-11,16-17,22-27,30-31H2,1-7H3;1H,(H2,2,3)/t32-;/m1./s1. The predicted octanol–water partition coefficient (Wildman–Crippen LogP) is 7.61. The number of aromatic nitrogens is 1. The fraction of sp³-hybridized carbons (Fsp3) is 0.468. The number of unbranched alkanes of at least 4 members (excludes halogenated alkanes) is 2. The third-order valence-corrected chi connectivity index (χ3v) is 11.7. The van der Waals surface area contributed by atoms with E-state index >= 15 is 4.79 Å². The molecule has 3 aromatic carbocycles. The minimum Gasteiger partial charge on any atom is -0.372 e. The summed E-state index contributed by atoms with van der Waals surface area (Å²) in [6.45, 7) is 11.8. The Kier molecular flexibility index (Phi) is 14.5. The van der Waals surface area contributed by atoms with E-state index in [4.69, 9.17) is 4.79 Å². The number of rotatable bonds is 13. The first-order valence-electron chi connectivity index (χ1n) is 20.4. The van der Waals surface area contributed by atoms with Crippen LogP contribution in [-0.4, -0.2) is 70.7 Å². The summed E-state index contributed by atoms with van der Waals surface area (Å²) >= 11 is 0. The molecule has 0 radical (unpaired) electrons. The van der Waals surface area contributed by atoms with Gasteiger partial charge in [-0.3, -0.25) is 14.4 Å². The molecule has 2 N–H and O–H groups in total. The van der Waals surface area contributed by atoms with E-state index in [9.17, 15) is 4.79 Å². The molecule has 6 rings (SSSR count). The molecule has 8 nitrogen and oxygen atoms in total. The number of amides is 3. The minimum atomic E-state index is 0.0908. The Morgan fingerprint density at radius 1 is 0.855 bits per heavy atom. The smallest absolute Gasteiger partial charge is 0.255 e. The Morgan fingerprint density at radius 2 is 1.49 bits per heavy atom. The summed E-state index contributed by atoms with van der Waals surface area (Å²) < 4.78 is 2.37. The molecule has 3 amide bonds. The van der Waals surface area contributed by atoms with E-state index in [0.717, 1.165) is 86.6 Å². The van der Waals surface area contributed by atoms with Gasteiger partial charge in [0.2, 0.25) is 12.3 Å². The SMILES string of the molecule is CCCCc1c(CCCC)c(-c2cc3c(cc2C(=O)N2Cc4ccccc4C[C@H]2C)CN(C(=O)Cc2ccc(CCN(C)C)cc2)CC3)n(C)c1C.NC=O. The van der Waals surface area contributed by atoms with Gasteiger partial charge in [0.15, 0.2) is 0 Å². The zero-order valence-electron chi connectivity index (χ0n) is 34.4. The van der Waals surface area contributed by atoms with E-state index in [0.29, 0.717) is 26.1 Å². The quantitative estimate of drug-likeness (QED) is 0.143. The summed E-state index contributed by atoms with van der Waals surface area (Å²) in [5.41, 5.74) is 18.7. The van der Waals surface area contributed by atoms with Crippen LogP contribution in [0.15, 0.2) is 60.7 Å². The highest BCUT2D eigenvalue weighted by molar-refractivity contribution is 6.02. The molecule has 294 valence electrons. The van der Waals surface area contributed by atoms with Gasteiger partial charge in [0.25, 0.3) is 5.91 Å². The van der Waals surface area contributed by atoms with Gasteiger partial charge in [-0.05, 0) is 130 Å². The molecular formula is C47H63N5O3. The molecule has 2 aliphatic rings. The largest absolute Gasteiger partial charge is 0.372 e. The number of nitrogens with zero attached hydrogens (tertiary/aromatic N) is 4. The van der Waals surface area contributed by atoms with Crippen LogP contribution in [0.5, 0.6) is 0 Å². The lowest BCUT2D eigenvalue weighted by atomic mass is 9.87. The Labute approximate surface area is 329 Å². The first kappa shape index (κ1) is 41.5. The predicted molar refractivity (Wildman–Crippen MR) is 224 cm³/mol. The normalized spacial score (nSPS) is 14.9. The topological polar surface area (TPSA) is 91.9 Å². The van der Waals surface area contributed by atoms with Gasteiger partial charge in [-0.2, -0.15) is 0 Å². The van der Waals surface area contributed by atoms with Crippen molar-refractivity contribution in [1.29, 1.82) is 0 Å². The zero-order valence-corrected chi connectivity index (χ0v) is 34.4. The molecule has 0 bridgehead atoms. The van der Waals surface area contributed by atoms with Crippen molar-refractivity contribution in [2.45, 2.75) is 111 Å². The lowest BCUT2D eigenvalue weighted by molar-refractivity contribution is -0.131. The summed E-state index contributed by atoms with van der Waals surface area (Å²) in [4.78, 5) is 43.6. The second-order valence-electron chi connectivity index (χ2n) is 15.8. The van der Waals surface area contributed by atoms with Crippen molar-refractivity contribution in [3.63, 3.8) is 0 Å². The fourth-order valence-electron chi connectivity index (χ4n) is 8.35. The van der Waals surface area contributed by atoms with Gasteiger partial charge in [-0.1, -0.05) is 75.2 Å². The molecular weight excluding hydrogens is 683 g/mol. The molecule has 55 heavy (non-hydrogen) atoms. The van der Waals surface area contributed by atoms with Gasteiger partial charge >= 0.3 is 0 Å². The van der Waals surface area contributed by atoms with Crippen LogP contribution in [-0.2, 0) is 68.3 Å². The fourth-order valence-corrected chi connectivity index (χ4v) is 8.35. The highest BCUT2D eigenvalue weighted by atomic mass is 16.2. The average Bonchev–Trinajstić information content (AvgIpc) is 3.41. The molecule has 2 aliphatic heterocycles. The van der Waals surface area contributed by atoms with Gasteiger partial charge in [0.1, 0.15) is 0 Å². The maximum Gasteiger partial charge on any atom is 0.255 e. The monoisotopic (exact) mass is 745 g/mol. The van der Waals surface area contributed by atoms with Crippen LogP contribution in [0, 0.1) is 6.92 Å². The molecule has 0 saturated carbocycles. The lowest BCUT2D eigenvalue weighted by Crippen LogP contribution is -2.43. The lowest BCUT2D eigenvalue weighted by Gasteiger charge is -2.36. The van der Waals surface area contributed by atoms with Crippen molar-refractivity contribution in [3.8, 4) is 11.3 Å². The van der Waals surface area contributed by atoms with Crippen LogP contribution in [0.1, 0.15) is 107 Å². The second-order valence-corrected chi connectivity index (χ2v) is 15.8. The first-order chi connectivity index (χ1) is 26.5. The van der Waals surface area contributed by atoms with Crippen molar-refractivity contribution in [2.75, 3.05) is 27.2 Å². The molecule has 1 aromatic heterocycles. The van der Waals surface area contributed by atoms with E-state index in [2.05, 4.69) is 130 Å². The van der Waals surface area contributed by atoms with Crippen LogP contribution in [0.4, 0.5) is 0 Å². The van der Waals surface area contributed by atoms with E-state index < -0.39 is 0 Å².